The summed E-state index contributed by atoms with van der Waals surface area (Å²) in [4.78, 5) is 1.64. The average Bonchev–Trinajstić information content (AvgIpc) is 2.70. The Morgan fingerprint density at radius 1 is 1.29 bits per heavy atom. The molecule has 0 saturated carbocycles. The summed E-state index contributed by atoms with van der Waals surface area (Å²) in [6.45, 7) is 2.40. The quantitative estimate of drug-likeness (QED) is 0.765. The lowest BCUT2D eigenvalue weighted by molar-refractivity contribution is 0.306. The van der Waals surface area contributed by atoms with Crippen molar-refractivity contribution in [3.05, 3.63) is 20.3 Å². The first-order valence-corrected chi connectivity index (χ1v) is 6.91. The zero-order chi connectivity index (χ0) is 9.60. The van der Waals surface area contributed by atoms with Crippen LogP contribution in [0, 0.1) is 0 Å². The van der Waals surface area contributed by atoms with Gasteiger partial charge in [0.25, 0.3) is 0 Å². The van der Waals surface area contributed by atoms with E-state index in [-0.39, 0.29) is 0 Å². The van der Waals surface area contributed by atoms with E-state index in [0.717, 1.165) is 0 Å². The molecule has 0 aromatic carbocycles. The summed E-state index contributed by atoms with van der Waals surface area (Å²) in [5, 5.41) is 3.47. The van der Waals surface area contributed by atoms with Gasteiger partial charge in [-0.25, -0.2) is 0 Å². The van der Waals surface area contributed by atoms with E-state index in [4.69, 9.17) is 0 Å². The van der Waals surface area contributed by atoms with Crippen LogP contribution in [0.3, 0.4) is 0 Å². The van der Waals surface area contributed by atoms with Crippen molar-refractivity contribution in [2.75, 3.05) is 13.1 Å². The summed E-state index contributed by atoms with van der Waals surface area (Å²) < 4.78 is 1.32. The molecular formula is C11H14BrNS. The van der Waals surface area contributed by atoms with Crippen molar-refractivity contribution in [1.29, 1.82) is 0 Å². The van der Waals surface area contributed by atoms with Crippen LogP contribution in [-0.2, 0) is 11.8 Å². The molecule has 1 aromatic rings. The topological polar surface area (TPSA) is 12.0 Å². The van der Waals surface area contributed by atoms with Crippen molar-refractivity contribution in [2.24, 2.45) is 0 Å². The summed E-state index contributed by atoms with van der Waals surface area (Å²) >= 11 is 5.55. The second-order valence-corrected chi connectivity index (χ2v) is 6.93. The van der Waals surface area contributed by atoms with E-state index in [1.807, 2.05) is 11.3 Å². The molecule has 2 heterocycles. The first-order valence-electron chi connectivity index (χ1n) is 5.30. The summed E-state index contributed by atoms with van der Waals surface area (Å²) in [5.41, 5.74) is 2.21. The fraction of sp³-hybridized carbons (Fsp3) is 0.636. The highest BCUT2D eigenvalue weighted by atomic mass is 79.9. The number of aryl methyl sites for hydroxylation is 1. The lowest BCUT2D eigenvalue weighted by Gasteiger charge is -2.34. The summed E-state index contributed by atoms with van der Waals surface area (Å²) in [5.74, 6) is 0. The maximum Gasteiger partial charge on any atom is 0.0704 e. The summed E-state index contributed by atoms with van der Waals surface area (Å²) in [6.07, 6.45) is 5.38. The Labute approximate surface area is 97.0 Å². The van der Waals surface area contributed by atoms with Crippen molar-refractivity contribution in [3.63, 3.8) is 0 Å². The summed E-state index contributed by atoms with van der Waals surface area (Å²) in [7, 11) is 0. The Morgan fingerprint density at radius 3 is 2.86 bits per heavy atom. The van der Waals surface area contributed by atoms with Crippen LogP contribution in [-0.4, -0.2) is 13.1 Å². The Kier molecular flexibility index (Phi) is 2.22. The number of nitrogens with one attached hydrogen (secondary N) is 1. The van der Waals surface area contributed by atoms with Gasteiger partial charge in [0.15, 0.2) is 0 Å². The first-order chi connectivity index (χ1) is 6.80. The molecule has 3 heteroatoms. The fourth-order valence-electron chi connectivity index (χ4n) is 2.94. The number of hydrogen-bond donors (Lipinski definition) is 1. The molecule has 1 nitrogen and oxygen atoms in total. The molecule has 0 unspecified atom stereocenters. The lowest BCUT2D eigenvalue weighted by atomic mass is 9.75. The zero-order valence-electron chi connectivity index (χ0n) is 8.11. The maximum absolute atomic E-state index is 3.61. The average molecular weight is 272 g/mol. The minimum Gasteiger partial charge on any atom is -0.317 e. The molecule has 1 saturated heterocycles. The van der Waals surface area contributed by atoms with Crippen LogP contribution in [0.1, 0.15) is 29.7 Å². The van der Waals surface area contributed by atoms with Gasteiger partial charge in [0, 0.05) is 4.88 Å². The highest BCUT2D eigenvalue weighted by Gasteiger charge is 2.40. The van der Waals surface area contributed by atoms with Crippen molar-refractivity contribution < 1.29 is 0 Å². The molecular weight excluding hydrogens is 258 g/mol. The van der Waals surface area contributed by atoms with Crippen LogP contribution < -0.4 is 5.32 Å². The largest absolute Gasteiger partial charge is 0.317 e. The molecule has 1 aromatic heterocycles. The lowest BCUT2D eigenvalue weighted by Crippen LogP contribution is -2.38. The molecule has 14 heavy (non-hydrogen) atoms. The molecule has 0 atom stereocenters. The standard InChI is InChI=1S/C11H14BrNS/c12-10-7-8-9(14-10)1-2-11(8)3-5-13-6-4-11/h7,13H,1-6H2. The zero-order valence-corrected chi connectivity index (χ0v) is 10.5. The van der Waals surface area contributed by atoms with Crippen LogP contribution in [0.2, 0.25) is 0 Å². The minimum atomic E-state index is 0.545. The maximum atomic E-state index is 3.61. The molecule has 0 radical (unpaired) electrons. The molecule has 2 aliphatic rings. The molecule has 1 aliphatic carbocycles. The fourth-order valence-corrected chi connectivity index (χ4v) is 4.76. The minimum absolute atomic E-state index is 0.545. The third-order valence-electron chi connectivity index (χ3n) is 3.74. The third kappa shape index (κ3) is 1.29. The molecule has 1 spiro atoms. The Bertz CT molecular complexity index is 352. The van der Waals surface area contributed by atoms with Gasteiger partial charge in [-0.2, -0.15) is 0 Å². The Morgan fingerprint density at radius 2 is 2.07 bits per heavy atom. The van der Waals surface area contributed by atoms with Crippen LogP contribution in [0.25, 0.3) is 0 Å². The number of hydrogen-bond acceptors (Lipinski definition) is 2. The van der Waals surface area contributed by atoms with E-state index in [1.54, 1.807) is 10.4 Å². The molecule has 0 amide bonds. The molecule has 1 aliphatic heterocycles. The second kappa shape index (κ2) is 3.32. The van der Waals surface area contributed by atoms with Crippen molar-refractivity contribution in [1.82, 2.24) is 5.32 Å². The Hall–Kier alpha value is 0.140. The highest BCUT2D eigenvalue weighted by molar-refractivity contribution is 9.11. The first kappa shape index (κ1) is 9.37. The molecule has 3 rings (SSSR count). The number of fused-ring (bicyclic) bond motifs is 2. The van der Waals surface area contributed by atoms with Crippen molar-refractivity contribution >= 4 is 27.3 Å². The number of thiophene rings is 1. The van der Waals surface area contributed by atoms with Gasteiger partial charge in [-0.3, -0.25) is 0 Å². The monoisotopic (exact) mass is 271 g/mol. The highest BCUT2D eigenvalue weighted by Crippen LogP contribution is 2.49. The SMILES string of the molecule is Brc1cc2c(s1)CCC21CCNCC1. The van der Waals surface area contributed by atoms with Gasteiger partial charge in [-0.15, -0.1) is 11.3 Å². The summed E-state index contributed by atoms with van der Waals surface area (Å²) in [6, 6.07) is 2.37. The van der Waals surface area contributed by atoms with Gasteiger partial charge in [0.2, 0.25) is 0 Å². The Balaban J connectivity index is 2.01. The van der Waals surface area contributed by atoms with Gasteiger partial charge in [0.05, 0.1) is 3.79 Å². The van der Waals surface area contributed by atoms with E-state index in [1.165, 1.54) is 42.6 Å². The smallest absolute Gasteiger partial charge is 0.0704 e. The van der Waals surface area contributed by atoms with E-state index in [9.17, 15) is 0 Å². The van der Waals surface area contributed by atoms with E-state index in [2.05, 4.69) is 27.3 Å². The molecule has 0 bridgehead atoms. The number of halogens is 1. The third-order valence-corrected chi connectivity index (χ3v) is 5.44. The van der Waals surface area contributed by atoms with E-state index < -0.39 is 0 Å². The molecule has 1 fully saturated rings. The van der Waals surface area contributed by atoms with Crippen molar-refractivity contribution in [2.45, 2.75) is 31.1 Å². The predicted molar refractivity (Wildman–Crippen MR) is 64.1 cm³/mol. The molecule has 76 valence electrons. The number of rotatable bonds is 0. The molecule has 1 N–H and O–H groups in total. The van der Waals surface area contributed by atoms with Crippen LogP contribution in [0.15, 0.2) is 9.85 Å². The van der Waals surface area contributed by atoms with E-state index in [0.29, 0.717) is 5.41 Å². The number of piperidine rings is 1. The van der Waals surface area contributed by atoms with Gasteiger partial charge in [0.1, 0.15) is 0 Å². The van der Waals surface area contributed by atoms with Gasteiger partial charge >= 0.3 is 0 Å². The second-order valence-electron chi connectivity index (χ2n) is 4.42. The van der Waals surface area contributed by atoms with Gasteiger partial charge in [-0.1, -0.05) is 0 Å². The predicted octanol–water partition coefficient (Wildman–Crippen LogP) is 3.08. The van der Waals surface area contributed by atoms with Crippen LogP contribution in [0.5, 0.6) is 0 Å². The van der Waals surface area contributed by atoms with Crippen LogP contribution in [0.4, 0.5) is 0 Å². The normalized spacial score (nSPS) is 24.1. The van der Waals surface area contributed by atoms with Gasteiger partial charge < -0.3 is 5.32 Å². The van der Waals surface area contributed by atoms with Gasteiger partial charge in [-0.05, 0) is 71.7 Å². The van der Waals surface area contributed by atoms with E-state index >= 15 is 0 Å². The van der Waals surface area contributed by atoms with Crippen molar-refractivity contribution in [3.8, 4) is 0 Å². The van der Waals surface area contributed by atoms with Crippen LogP contribution >= 0.6 is 27.3 Å².